The van der Waals surface area contributed by atoms with E-state index in [1.807, 2.05) is 22.6 Å². The summed E-state index contributed by atoms with van der Waals surface area (Å²) in [5.41, 5.74) is 0.0550. The monoisotopic (exact) mass is 280 g/mol. The minimum absolute atomic E-state index is 0.0550. The lowest BCUT2D eigenvalue weighted by molar-refractivity contribution is 0.616. The summed E-state index contributed by atoms with van der Waals surface area (Å²) in [6, 6.07) is 2.16. The molecule has 12 heavy (non-hydrogen) atoms. The Morgan fingerprint density at radius 2 is 1.92 bits per heavy atom. The zero-order valence-corrected chi connectivity index (χ0v) is 7.89. The Bertz CT molecular complexity index is 438. The van der Waals surface area contributed by atoms with E-state index in [4.69, 9.17) is 0 Å². The second kappa shape index (κ2) is 2.65. The fourth-order valence-corrected chi connectivity index (χ4v) is 1.65. The highest BCUT2D eigenvalue weighted by Gasteiger charge is 2.11. The van der Waals surface area contributed by atoms with Crippen molar-refractivity contribution in [3.63, 3.8) is 0 Å². The molecule has 0 aliphatic heterocycles. The number of rotatable bonds is 0. The van der Waals surface area contributed by atoms with Crippen LogP contribution < -0.4 is 0 Å². The van der Waals surface area contributed by atoms with Gasteiger partial charge in [-0.05, 0) is 34.7 Å². The van der Waals surface area contributed by atoms with Crippen LogP contribution in [0.5, 0.6) is 0 Å². The number of hydrogen-bond acceptors (Lipinski definition) is 1. The van der Waals surface area contributed by atoms with Gasteiger partial charge < -0.3 is 0 Å². The predicted molar refractivity (Wildman–Crippen MR) is 48.7 cm³/mol. The van der Waals surface area contributed by atoms with E-state index in [1.165, 1.54) is 0 Å². The average molecular weight is 280 g/mol. The van der Waals surface area contributed by atoms with E-state index in [9.17, 15) is 8.78 Å². The first-order chi connectivity index (χ1) is 5.70. The highest BCUT2D eigenvalue weighted by atomic mass is 127. The van der Waals surface area contributed by atoms with Crippen LogP contribution in [0.4, 0.5) is 8.78 Å². The molecule has 0 atom stereocenters. The van der Waals surface area contributed by atoms with Crippen molar-refractivity contribution in [1.29, 1.82) is 0 Å². The fourth-order valence-electron chi connectivity index (χ4n) is 1.02. The van der Waals surface area contributed by atoms with Crippen LogP contribution in [0.2, 0.25) is 0 Å². The van der Waals surface area contributed by atoms with Crippen molar-refractivity contribution in [2.75, 3.05) is 0 Å². The fraction of sp³-hybridized carbons (Fsp3) is 0. The summed E-state index contributed by atoms with van der Waals surface area (Å²) in [4.78, 5) is 0. The molecule has 1 heterocycles. The van der Waals surface area contributed by atoms with Gasteiger partial charge >= 0.3 is 0 Å². The second-order valence-corrected chi connectivity index (χ2v) is 3.37. The Kier molecular flexibility index (Phi) is 1.75. The van der Waals surface area contributed by atoms with Crippen molar-refractivity contribution < 1.29 is 8.78 Å². The number of halogens is 3. The number of nitrogens with zero attached hydrogens (tertiary/aromatic N) is 1. The quantitative estimate of drug-likeness (QED) is 0.738. The topological polar surface area (TPSA) is 28.7 Å². The lowest BCUT2D eigenvalue weighted by Crippen LogP contribution is -1.81. The van der Waals surface area contributed by atoms with E-state index in [2.05, 4.69) is 10.2 Å². The summed E-state index contributed by atoms with van der Waals surface area (Å²) in [5.74, 6) is -0.963. The molecule has 1 aromatic heterocycles. The third-order valence-electron chi connectivity index (χ3n) is 1.56. The molecular formula is C7H3F2IN2. The third-order valence-corrected chi connectivity index (χ3v) is 2.34. The lowest BCUT2D eigenvalue weighted by atomic mass is 10.2. The van der Waals surface area contributed by atoms with Crippen molar-refractivity contribution >= 4 is 33.5 Å². The largest absolute Gasteiger partial charge is 0.271 e. The molecule has 2 nitrogen and oxygen atoms in total. The maximum atomic E-state index is 13.0. The van der Waals surface area contributed by atoms with Crippen LogP contribution in [-0.2, 0) is 0 Å². The molecule has 0 fully saturated rings. The molecule has 0 bridgehead atoms. The third kappa shape index (κ3) is 0.996. The number of hydrogen-bond donors (Lipinski definition) is 1. The predicted octanol–water partition coefficient (Wildman–Crippen LogP) is 2.45. The zero-order chi connectivity index (χ0) is 8.72. The van der Waals surface area contributed by atoms with Crippen LogP contribution >= 0.6 is 22.6 Å². The van der Waals surface area contributed by atoms with Crippen molar-refractivity contribution in [1.82, 2.24) is 10.2 Å². The van der Waals surface area contributed by atoms with Gasteiger partial charge in [0.05, 0.1) is 5.39 Å². The molecule has 0 aliphatic rings. The minimum atomic E-state index is -0.509. The summed E-state index contributed by atoms with van der Waals surface area (Å²) in [6.07, 6.45) is 0. The SMILES string of the molecule is Fc1ccc(F)c2c(I)[nH]nc12. The molecule has 0 unspecified atom stereocenters. The summed E-state index contributed by atoms with van der Waals surface area (Å²) in [7, 11) is 0. The molecule has 0 aliphatic carbocycles. The average Bonchev–Trinajstić information content (AvgIpc) is 2.42. The first-order valence-electron chi connectivity index (χ1n) is 3.17. The van der Waals surface area contributed by atoms with Gasteiger partial charge in [0, 0.05) is 0 Å². The van der Waals surface area contributed by atoms with Gasteiger partial charge in [-0.3, -0.25) is 5.10 Å². The van der Waals surface area contributed by atoms with Crippen LogP contribution in [0.15, 0.2) is 12.1 Å². The van der Waals surface area contributed by atoms with Crippen LogP contribution in [-0.4, -0.2) is 10.2 Å². The molecule has 2 aromatic rings. The molecular weight excluding hydrogens is 277 g/mol. The normalized spacial score (nSPS) is 10.9. The number of benzene rings is 1. The van der Waals surface area contributed by atoms with E-state index in [0.29, 0.717) is 3.70 Å². The van der Waals surface area contributed by atoms with Crippen molar-refractivity contribution in [2.45, 2.75) is 0 Å². The molecule has 1 aromatic carbocycles. The van der Waals surface area contributed by atoms with Crippen molar-refractivity contribution in [3.05, 3.63) is 27.5 Å². The molecule has 0 amide bonds. The molecule has 0 radical (unpaired) electrons. The first-order valence-corrected chi connectivity index (χ1v) is 4.25. The number of fused-ring (bicyclic) bond motifs is 1. The smallest absolute Gasteiger partial charge is 0.151 e. The van der Waals surface area contributed by atoms with E-state index < -0.39 is 11.6 Å². The molecule has 0 saturated carbocycles. The molecule has 0 spiro atoms. The van der Waals surface area contributed by atoms with E-state index in [-0.39, 0.29) is 10.9 Å². The molecule has 2 rings (SSSR count). The molecule has 5 heteroatoms. The zero-order valence-electron chi connectivity index (χ0n) is 5.74. The molecule has 62 valence electrons. The van der Waals surface area contributed by atoms with Crippen molar-refractivity contribution in [2.24, 2.45) is 0 Å². The van der Waals surface area contributed by atoms with Gasteiger partial charge in [-0.15, -0.1) is 0 Å². The molecule has 1 N–H and O–H groups in total. The van der Waals surface area contributed by atoms with Crippen LogP contribution in [0, 0.1) is 15.3 Å². The Morgan fingerprint density at radius 1 is 1.25 bits per heavy atom. The van der Waals surface area contributed by atoms with Gasteiger partial charge in [-0.2, -0.15) is 5.10 Å². The van der Waals surface area contributed by atoms with Gasteiger partial charge in [0.2, 0.25) is 0 Å². The maximum Gasteiger partial charge on any atom is 0.151 e. The second-order valence-electron chi connectivity index (χ2n) is 2.29. The van der Waals surface area contributed by atoms with Gasteiger partial charge in [0.25, 0.3) is 0 Å². The highest BCUT2D eigenvalue weighted by molar-refractivity contribution is 14.1. The van der Waals surface area contributed by atoms with Crippen LogP contribution in [0.3, 0.4) is 0 Å². The number of aromatic amines is 1. The lowest BCUT2D eigenvalue weighted by Gasteiger charge is -1.91. The van der Waals surface area contributed by atoms with Crippen molar-refractivity contribution in [3.8, 4) is 0 Å². The van der Waals surface area contributed by atoms with E-state index in [1.54, 1.807) is 0 Å². The molecule has 0 saturated heterocycles. The van der Waals surface area contributed by atoms with E-state index >= 15 is 0 Å². The Hall–Kier alpha value is -0.720. The Morgan fingerprint density at radius 3 is 2.58 bits per heavy atom. The van der Waals surface area contributed by atoms with Crippen LogP contribution in [0.1, 0.15) is 0 Å². The summed E-state index contributed by atoms with van der Waals surface area (Å²) in [5, 5.41) is 6.36. The highest BCUT2D eigenvalue weighted by Crippen LogP contribution is 2.22. The number of aromatic nitrogens is 2. The van der Waals surface area contributed by atoms with Crippen LogP contribution in [0.25, 0.3) is 10.9 Å². The number of nitrogens with one attached hydrogen (secondary N) is 1. The Balaban J connectivity index is 2.98. The van der Waals surface area contributed by atoms with Gasteiger partial charge in [-0.1, -0.05) is 0 Å². The van der Waals surface area contributed by atoms with Gasteiger partial charge in [0.15, 0.2) is 5.82 Å². The summed E-state index contributed by atoms with van der Waals surface area (Å²) >= 11 is 1.87. The summed E-state index contributed by atoms with van der Waals surface area (Å²) < 4.78 is 26.5. The summed E-state index contributed by atoms with van der Waals surface area (Å²) in [6.45, 7) is 0. The minimum Gasteiger partial charge on any atom is -0.271 e. The first kappa shape index (κ1) is 7.90. The standard InChI is InChI=1S/C7H3F2IN2/c8-3-1-2-4(9)6-5(3)7(10)12-11-6/h1-2H,(H,11,12). The maximum absolute atomic E-state index is 13.0. The van der Waals surface area contributed by atoms with Gasteiger partial charge in [0.1, 0.15) is 15.0 Å². The van der Waals surface area contributed by atoms with Gasteiger partial charge in [-0.25, -0.2) is 8.78 Å². The van der Waals surface area contributed by atoms with E-state index in [0.717, 1.165) is 12.1 Å². The number of H-pyrrole nitrogens is 1. The Labute approximate surface area is 80.1 Å².